The zero-order valence-electron chi connectivity index (χ0n) is 11.3. The zero-order valence-corrected chi connectivity index (χ0v) is 13.5. The van der Waals surface area contributed by atoms with Gasteiger partial charge in [-0.25, -0.2) is 0 Å². The molecule has 108 valence electrons. The molecular weight excluding hydrogens is 435 g/mol. The third-order valence-corrected chi connectivity index (χ3v) is 2.00. The monoisotopic (exact) mass is 451 g/mol. The summed E-state index contributed by atoms with van der Waals surface area (Å²) in [6.07, 6.45) is 4.70. The summed E-state index contributed by atoms with van der Waals surface area (Å²) in [6, 6.07) is 11.6. The van der Waals surface area contributed by atoms with Crippen LogP contribution in [0.25, 0.3) is 11.4 Å². The molecule has 0 aromatic carbocycles. The van der Waals surface area contributed by atoms with Crippen molar-refractivity contribution in [1.29, 1.82) is 0 Å². The first-order chi connectivity index (χ1) is 9.09. The second-order valence-electron chi connectivity index (χ2n) is 3.83. The van der Waals surface area contributed by atoms with E-state index in [-0.39, 0.29) is 32.6 Å². The topological polar surface area (TPSA) is 63.1 Å². The molecule has 2 heterocycles. The van der Waals surface area contributed by atoms with Gasteiger partial charge in [0.25, 0.3) is 0 Å². The van der Waals surface area contributed by atoms with E-state index in [4.69, 9.17) is 5.11 Å². The molecule has 1 N–H and O–H groups in total. The van der Waals surface area contributed by atoms with Crippen molar-refractivity contribution in [2.24, 2.45) is 0 Å². The molecule has 0 fully saturated rings. The summed E-state index contributed by atoms with van der Waals surface area (Å²) in [4.78, 5) is 18.4. The Morgan fingerprint density at radius 2 is 1.45 bits per heavy atom. The number of hydrogen-bond donors (Lipinski definition) is 1. The summed E-state index contributed by atoms with van der Waals surface area (Å²) in [5.74, 6) is -0.0625. The minimum absolute atomic E-state index is 0. The molecule has 2 aromatic heterocycles. The minimum Gasteiger partial charge on any atom is -0.512 e. The largest absolute Gasteiger partial charge is 0.512 e. The van der Waals surface area contributed by atoms with E-state index in [9.17, 15) is 4.79 Å². The fraction of sp³-hybridized carbons (Fsp3) is 0.133. The Kier molecular flexibility index (Phi) is 9.14. The van der Waals surface area contributed by atoms with E-state index in [0.29, 0.717) is 0 Å². The minimum atomic E-state index is -0.125. The molecule has 4 nitrogen and oxygen atoms in total. The first kappa shape index (κ1) is 18.2. The molecule has 20 heavy (non-hydrogen) atoms. The Morgan fingerprint density at radius 1 is 1.00 bits per heavy atom. The number of aromatic nitrogens is 2. The Morgan fingerprint density at radius 3 is 1.65 bits per heavy atom. The molecule has 0 aliphatic heterocycles. The normalized spacial score (nSPS) is 9.80. The van der Waals surface area contributed by atoms with E-state index in [1.165, 1.54) is 19.9 Å². The van der Waals surface area contributed by atoms with Gasteiger partial charge in [-0.1, -0.05) is 12.1 Å². The van der Waals surface area contributed by atoms with Crippen LogP contribution in [0, 0.1) is 0 Å². The van der Waals surface area contributed by atoms with E-state index in [1.807, 2.05) is 36.4 Å². The first-order valence-electron chi connectivity index (χ1n) is 5.80. The Labute approximate surface area is 132 Å². The molecule has 0 saturated heterocycles. The fourth-order valence-electron chi connectivity index (χ4n) is 1.32. The number of aliphatic hydroxyl groups is 1. The van der Waals surface area contributed by atoms with Crippen LogP contribution in [0.3, 0.4) is 0 Å². The van der Waals surface area contributed by atoms with E-state index in [1.54, 1.807) is 12.4 Å². The average Bonchev–Trinajstić information content (AvgIpc) is 2.40. The van der Waals surface area contributed by atoms with Crippen LogP contribution in [0.4, 0.5) is 0 Å². The third-order valence-electron chi connectivity index (χ3n) is 2.00. The maximum Gasteiger partial charge on any atom is 0.155 e. The van der Waals surface area contributed by atoms with Gasteiger partial charge < -0.3 is 5.11 Å². The van der Waals surface area contributed by atoms with Crippen molar-refractivity contribution in [3.63, 3.8) is 0 Å². The van der Waals surface area contributed by atoms with Gasteiger partial charge in [-0.2, -0.15) is 0 Å². The van der Waals surface area contributed by atoms with Gasteiger partial charge >= 0.3 is 0 Å². The molecule has 0 saturated carbocycles. The van der Waals surface area contributed by atoms with Crippen molar-refractivity contribution < 1.29 is 31.0 Å². The van der Waals surface area contributed by atoms with Crippen molar-refractivity contribution >= 4 is 5.78 Å². The molecule has 0 spiro atoms. The second kappa shape index (κ2) is 10.0. The second-order valence-corrected chi connectivity index (χ2v) is 3.83. The summed E-state index contributed by atoms with van der Waals surface area (Å²) in [7, 11) is 0. The molecule has 0 atom stereocenters. The maximum absolute atomic E-state index is 10.0. The molecule has 2 rings (SSSR count). The van der Waals surface area contributed by atoms with Crippen LogP contribution in [0.15, 0.2) is 60.6 Å². The van der Waals surface area contributed by atoms with E-state index in [0.717, 1.165) is 11.4 Å². The Hall–Kier alpha value is -1.80. The molecule has 0 bridgehead atoms. The van der Waals surface area contributed by atoms with Gasteiger partial charge in [0.15, 0.2) is 5.78 Å². The van der Waals surface area contributed by atoms with Crippen molar-refractivity contribution in [3.05, 3.63) is 60.6 Å². The SMILES string of the molecule is CC(=O)C=C(C)O.[Pt].c1ccc(-c2ccccn2)nc1. The molecule has 0 aliphatic rings. The first-order valence-corrected chi connectivity index (χ1v) is 5.80. The number of carbonyl (C=O) groups excluding carboxylic acids is 1. The van der Waals surface area contributed by atoms with Gasteiger partial charge in [0.2, 0.25) is 0 Å². The predicted octanol–water partition coefficient (Wildman–Crippen LogP) is 3.18. The quantitative estimate of drug-likeness (QED) is 0.563. The predicted molar refractivity (Wildman–Crippen MR) is 74.5 cm³/mol. The average molecular weight is 451 g/mol. The van der Waals surface area contributed by atoms with Gasteiger partial charge in [-0.05, 0) is 38.1 Å². The molecule has 0 radical (unpaired) electrons. The fourth-order valence-corrected chi connectivity index (χ4v) is 1.32. The van der Waals surface area contributed by atoms with Crippen LogP contribution in [-0.2, 0) is 25.9 Å². The smallest absolute Gasteiger partial charge is 0.155 e. The number of rotatable bonds is 2. The third kappa shape index (κ3) is 7.59. The molecule has 0 aliphatic carbocycles. The molecule has 0 unspecified atom stereocenters. The standard InChI is InChI=1S/C10H8N2.C5H8O2.Pt/c1-3-7-11-9(5-1)10-6-2-4-8-12-10;1-4(6)3-5(2)7;/h1-8H;3,6H,1-2H3;. The van der Waals surface area contributed by atoms with Gasteiger partial charge in [0, 0.05) is 39.5 Å². The number of pyridine rings is 2. The van der Waals surface area contributed by atoms with E-state index >= 15 is 0 Å². The van der Waals surface area contributed by atoms with Crippen molar-refractivity contribution in [3.8, 4) is 11.4 Å². The van der Waals surface area contributed by atoms with Crippen molar-refractivity contribution in [2.75, 3.05) is 0 Å². The summed E-state index contributed by atoms with van der Waals surface area (Å²) in [5.41, 5.74) is 1.83. The number of allylic oxidation sites excluding steroid dienone is 2. The Balaban J connectivity index is 0.000000396. The van der Waals surface area contributed by atoms with Crippen molar-refractivity contribution in [1.82, 2.24) is 9.97 Å². The number of hydrogen-bond acceptors (Lipinski definition) is 4. The van der Waals surface area contributed by atoms with Crippen LogP contribution in [0.1, 0.15) is 13.8 Å². The maximum atomic E-state index is 10.0. The molecular formula is C15H16N2O2Pt. The van der Waals surface area contributed by atoms with Gasteiger partial charge in [-0.3, -0.25) is 14.8 Å². The van der Waals surface area contributed by atoms with Crippen LogP contribution >= 0.6 is 0 Å². The van der Waals surface area contributed by atoms with Crippen molar-refractivity contribution in [2.45, 2.75) is 13.8 Å². The summed E-state index contributed by atoms with van der Waals surface area (Å²) < 4.78 is 0. The summed E-state index contributed by atoms with van der Waals surface area (Å²) in [5, 5.41) is 8.36. The van der Waals surface area contributed by atoms with Gasteiger partial charge in [0.05, 0.1) is 17.1 Å². The van der Waals surface area contributed by atoms with Crippen LogP contribution in [0.2, 0.25) is 0 Å². The summed E-state index contributed by atoms with van der Waals surface area (Å²) >= 11 is 0. The van der Waals surface area contributed by atoms with Crippen LogP contribution < -0.4 is 0 Å². The number of nitrogens with zero attached hydrogens (tertiary/aromatic N) is 2. The van der Waals surface area contributed by atoms with E-state index < -0.39 is 0 Å². The zero-order chi connectivity index (χ0) is 14.1. The van der Waals surface area contributed by atoms with Crippen LogP contribution in [0.5, 0.6) is 0 Å². The number of aliphatic hydroxyl groups excluding tert-OH is 1. The van der Waals surface area contributed by atoms with Gasteiger partial charge in [0.1, 0.15) is 0 Å². The molecule has 2 aromatic rings. The number of ketones is 1. The molecule has 5 heteroatoms. The van der Waals surface area contributed by atoms with Gasteiger partial charge in [-0.15, -0.1) is 0 Å². The Bertz CT molecular complexity index is 501. The van der Waals surface area contributed by atoms with E-state index in [2.05, 4.69) is 9.97 Å². The number of carbonyl (C=O) groups is 1. The van der Waals surface area contributed by atoms with Crippen LogP contribution in [-0.4, -0.2) is 20.9 Å². The summed E-state index contributed by atoms with van der Waals surface area (Å²) in [6.45, 7) is 2.85. The molecule has 0 amide bonds.